The zero-order valence-corrected chi connectivity index (χ0v) is 22.2. The number of rotatable bonds is 9. The Hall–Kier alpha value is -3.46. The van der Waals surface area contributed by atoms with Crippen LogP contribution in [-0.4, -0.2) is 71.1 Å². The number of aromatic nitrogens is 3. The van der Waals surface area contributed by atoms with Gasteiger partial charge in [-0.2, -0.15) is 0 Å². The molecule has 1 aliphatic carbocycles. The summed E-state index contributed by atoms with van der Waals surface area (Å²) < 4.78 is 21.7. The van der Waals surface area contributed by atoms with Crippen LogP contribution in [0.4, 0.5) is 10.3 Å². The van der Waals surface area contributed by atoms with Crippen LogP contribution in [0.2, 0.25) is 0 Å². The van der Waals surface area contributed by atoms with Gasteiger partial charge >= 0.3 is 0 Å². The summed E-state index contributed by atoms with van der Waals surface area (Å²) in [5, 5.41) is 3.10. The number of imidazole rings is 1. The smallest absolute Gasteiger partial charge is 0.254 e. The Bertz CT molecular complexity index is 1310. The first kappa shape index (κ1) is 25.2. The van der Waals surface area contributed by atoms with E-state index in [0.717, 1.165) is 35.6 Å². The summed E-state index contributed by atoms with van der Waals surface area (Å²) in [6.45, 7) is 6.32. The highest BCUT2D eigenvalue weighted by atomic mass is 19.1. The topological polar surface area (TPSA) is 75.5 Å². The molecule has 3 heterocycles. The molecule has 2 aliphatic rings. The van der Waals surface area contributed by atoms with Gasteiger partial charge in [0.05, 0.1) is 31.1 Å². The number of carbonyl (C=O) groups excluding carboxylic acids is 1. The molecule has 5 rings (SSSR count). The number of ether oxygens (including phenoxy) is 1. The summed E-state index contributed by atoms with van der Waals surface area (Å²) in [5.74, 6) is 0.881. The van der Waals surface area contributed by atoms with Crippen LogP contribution >= 0.6 is 0 Å². The van der Waals surface area contributed by atoms with Gasteiger partial charge in [0, 0.05) is 49.6 Å². The maximum absolute atomic E-state index is 14.2. The van der Waals surface area contributed by atoms with Crippen LogP contribution in [0.15, 0.2) is 42.9 Å². The van der Waals surface area contributed by atoms with E-state index in [2.05, 4.69) is 46.4 Å². The molecule has 0 saturated heterocycles. The third-order valence-corrected chi connectivity index (χ3v) is 7.71. The first-order valence-electron chi connectivity index (χ1n) is 12.8. The van der Waals surface area contributed by atoms with Crippen molar-refractivity contribution < 1.29 is 13.9 Å². The standard InChI is InChI=1S/C28H35FN6O2/c1-6-37-25-12-24(32-14-23(25)29)18(2)35-17-28(13-20(28)16-33(4)5)22-8-7-19(11-21(22)26(35)36)15-34-10-9-31-27(34)30-3/h7-12,14,18,20H,6,13,15-17H2,1-5H3,(H,30,31). The lowest BCUT2D eigenvalue weighted by Crippen LogP contribution is -2.46. The second-order valence-corrected chi connectivity index (χ2v) is 10.4. The van der Waals surface area contributed by atoms with Gasteiger partial charge in [-0.25, -0.2) is 9.37 Å². The molecule has 1 aliphatic heterocycles. The van der Waals surface area contributed by atoms with Crippen LogP contribution < -0.4 is 10.1 Å². The third-order valence-electron chi connectivity index (χ3n) is 7.71. The Morgan fingerprint density at radius 1 is 1.30 bits per heavy atom. The highest BCUT2D eigenvalue weighted by molar-refractivity contribution is 5.98. The fourth-order valence-corrected chi connectivity index (χ4v) is 5.76. The molecule has 9 heteroatoms. The molecule has 37 heavy (non-hydrogen) atoms. The molecular weight excluding hydrogens is 471 g/mol. The van der Waals surface area contributed by atoms with Gasteiger partial charge in [-0.3, -0.25) is 9.78 Å². The van der Waals surface area contributed by atoms with Crippen molar-refractivity contribution >= 4 is 11.9 Å². The second-order valence-electron chi connectivity index (χ2n) is 10.4. The van der Waals surface area contributed by atoms with Crippen molar-refractivity contribution in [1.29, 1.82) is 0 Å². The van der Waals surface area contributed by atoms with Crippen LogP contribution in [0.3, 0.4) is 0 Å². The van der Waals surface area contributed by atoms with Crippen LogP contribution in [-0.2, 0) is 12.0 Å². The van der Waals surface area contributed by atoms with E-state index in [0.29, 0.717) is 31.3 Å². The Kier molecular flexibility index (Phi) is 6.66. The number of hydrogen-bond donors (Lipinski definition) is 1. The minimum atomic E-state index is -0.497. The average molecular weight is 507 g/mol. The predicted molar refractivity (Wildman–Crippen MR) is 140 cm³/mol. The van der Waals surface area contributed by atoms with E-state index in [1.165, 1.54) is 6.20 Å². The van der Waals surface area contributed by atoms with Crippen LogP contribution in [0, 0.1) is 11.7 Å². The lowest BCUT2D eigenvalue weighted by Gasteiger charge is -2.39. The first-order valence-corrected chi connectivity index (χ1v) is 12.8. The van der Waals surface area contributed by atoms with Gasteiger partial charge in [0.15, 0.2) is 11.6 Å². The molecule has 0 radical (unpaired) electrons. The zero-order chi connectivity index (χ0) is 26.3. The van der Waals surface area contributed by atoms with Crippen LogP contribution in [0.1, 0.15) is 53.5 Å². The summed E-state index contributed by atoms with van der Waals surface area (Å²) in [5.41, 5.74) is 3.45. The lowest BCUT2D eigenvalue weighted by molar-refractivity contribution is 0.0626. The number of amides is 1. The summed E-state index contributed by atoms with van der Waals surface area (Å²) in [6.07, 6.45) is 5.90. The third kappa shape index (κ3) is 4.56. The SMILES string of the molecule is CCOc1cc(C(C)N2CC3(CC3CN(C)C)c3ccc(Cn4ccnc4NC)cc3C2=O)ncc1F. The van der Waals surface area contributed by atoms with Gasteiger partial charge in [0.25, 0.3) is 5.91 Å². The maximum atomic E-state index is 14.2. The van der Waals surface area contributed by atoms with Gasteiger partial charge in [-0.1, -0.05) is 12.1 Å². The predicted octanol–water partition coefficient (Wildman–Crippen LogP) is 3.94. The highest BCUT2D eigenvalue weighted by Gasteiger charge is 2.60. The Balaban J connectivity index is 1.51. The zero-order valence-electron chi connectivity index (χ0n) is 22.2. The normalized spacial score (nSPS) is 21.3. The van der Waals surface area contributed by atoms with E-state index in [9.17, 15) is 9.18 Å². The molecule has 1 saturated carbocycles. The number of pyridine rings is 1. The quantitative estimate of drug-likeness (QED) is 0.474. The second kappa shape index (κ2) is 9.78. The number of nitrogens with one attached hydrogen (secondary N) is 1. The molecule has 1 aromatic carbocycles. The Morgan fingerprint density at radius 2 is 2.11 bits per heavy atom. The van der Waals surface area contributed by atoms with Crippen molar-refractivity contribution in [2.75, 3.05) is 46.2 Å². The minimum Gasteiger partial charge on any atom is -0.491 e. The van der Waals surface area contributed by atoms with Gasteiger partial charge in [0.1, 0.15) is 0 Å². The molecule has 1 fully saturated rings. The molecule has 196 valence electrons. The van der Waals surface area contributed by atoms with Gasteiger partial charge in [-0.15, -0.1) is 0 Å². The van der Waals surface area contributed by atoms with E-state index >= 15 is 0 Å². The number of hydrogen-bond acceptors (Lipinski definition) is 6. The molecule has 3 atom stereocenters. The first-order chi connectivity index (χ1) is 17.8. The van der Waals surface area contributed by atoms with Crippen molar-refractivity contribution in [1.82, 2.24) is 24.3 Å². The number of nitrogens with zero attached hydrogens (tertiary/aromatic N) is 5. The summed E-state index contributed by atoms with van der Waals surface area (Å²) in [4.78, 5) is 26.8. The summed E-state index contributed by atoms with van der Waals surface area (Å²) in [6, 6.07) is 7.61. The molecular formula is C28H35FN6O2. The van der Waals surface area contributed by atoms with E-state index in [4.69, 9.17) is 4.74 Å². The largest absolute Gasteiger partial charge is 0.491 e. The number of fused-ring (bicyclic) bond motifs is 2. The van der Waals surface area contributed by atoms with E-state index in [1.807, 2.05) is 42.6 Å². The number of anilines is 1. The molecule has 1 spiro atoms. The molecule has 1 N–H and O–H groups in total. The van der Waals surface area contributed by atoms with E-state index in [1.54, 1.807) is 12.3 Å². The van der Waals surface area contributed by atoms with Crippen LogP contribution in [0.25, 0.3) is 0 Å². The van der Waals surface area contributed by atoms with E-state index < -0.39 is 5.82 Å². The van der Waals surface area contributed by atoms with Crippen molar-refractivity contribution in [2.24, 2.45) is 5.92 Å². The lowest BCUT2D eigenvalue weighted by atomic mass is 9.82. The summed E-state index contributed by atoms with van der Waals surface area (Å²) >= 11 is 0. The minimum absolute atomic E-state index is 0.0194. The molecule has 0 bridgehead atoms. The van der Waals surface area contributed by atoms with Crippen LogP contribution in [0.5, 0.6) is 5.75 Å². The fourth-order valence-electron chi connectivity index (χ4n) is 5.76. The highest BCUT2D eigenvalue weighted by Crippen LogP contribution is 2.58. The van der Waals surface area contributed by atoms with Crippen molar-refractivity contribution in [2.45, 2.75) is 38.3 Å². The summed E-state index contributed by atoms with van der Waals surface area (Å²) in [7, 11) is 6.02. The van der Waals surface area contributed by atoms with Crippen molar-refractivity contribution in [3.8, 4) is 5.75 Å². The molecule has 3 unspecified atom stereocenters. The molecule has 8 nitrogen and oxygen atoms in total. The fraction of sp³-hybridized carbons (Fsp3) is 0.464. The molecule has 1 amide bonds. The van der Waals surface area contributed by atoms with Gasteiger partial charge in [0.2, 0.25) is 5.95 Å². The Labute approximate surface area is 217 Å². The Morgan fingerprint density at radius 3 is 2.84 bits per heavy atom. The maximum Gasteiger partial charge on any atom is 0.254 e. The van der Waals surface area contributed by atoms with Crippen molar-refractivity contribution in [3.05, 3.63) is 71.1 Å². The number of benzene rings is 1. The average Bonchev–Trinajstić information content (AvgIpc) is 3.34. The molecule has 2 aromatic heterocycles. The molecule has 3 aromatic rings. The monoisotopic (exact) mass is 506 g/mol. The van der Waals surface area contributed by atoms with E-state index in [-0.39, 0.29) is 23.1 Å². The number of carbonyl (C=O) groups is 1. The van der Waals surface area contributed by atoms with Gasteiger partial charge < -0.3 is 24.4 Å². The van der Waals surface area contributed by atoms with Gasteiger partial charge in [-0.05, 0) is 57.5 Å². The number of halogens is 1. The van der Waals surface area contributed by atoms with Crippen molar-refractivity contribution in [3.63, 3.8) is 0 Å².